The Morgan fingerprint density at radius 1 is 1.18 bits per heavy atom. The van der Waals surface area contributed by atoms with E-state index < -0.39 is 0 Å². The number of hydrogen-bond acceptors (Lipinski definition) is 2. The van der Waals surface area contributed by atoms with Crippen molar-refractivity contribution in [3.8, 4) is 0 Å². The number of anilines is 1. The summed E-state index contributed by atoms with van der Waals surface area (Å²) in [6, 6.07) is 13.7. The largest absolute Gasteiger partial charge is 0.384 e. The van der Waals surface area contributed by atoms with Crippen LogP contribution in [0.25, 0.3) is 0 Å². The SMILES string of the molecule is Fc1cccc(C2CCN(Cc3cccc4c3NCC4)C2)c1. The normalized spacial score (nSPS) is 20.9. The number of rotatable bonds is 3. The highest BCUT2D eigenvalue weighted by atomic mass is 19.1. The highest BCUT2D eigenvalue weighted by molar-refractivity contribution is 5.61. The molecule has 2 aromatic carbocycles. The number of fused-ring (bicyclic) bond motifs is 1. The summed E-state index contributed by atoms with van der Waals surface area (Å²) < 4.78 is 13.4. The summed E-state index contributed by atoms with van der Waals surface area (Å²) in [6.07, 6.45) is 2.25. The van der Waals surface area contributed by atoms with Crippen molar-refractivity contribution in [1.82, 2.24) is 4.90 Å². The van der Waals surface area contributed by atoms with Crippen LogP contribution in [0.1, 0.15) is 29.0 Å². The molecular weight excluding hydrogens is 275 g/mol. The standard InChI is InChI=1S/C19H21FN2/c20-18-6-2-4-15(11-18)16-8-10-22(12-16)13-17-5-1-3-14-7-9-21-19(14)17/h1-6,11,16,21H,7-10,12-13H2. The molecule has 0 amide bonds. The van der Waals surface area contributed by atoms with Gasteiger partial charge in [0.1, 0.15) is 5.82 Å². The summed E-state index contributed by atoms with van der Waals surface area (Å²) in [5.41, 5.74) is 5.32. The van der Waals surface area contributed by atoms with E-state index in [9.17, 15) is 4.39 Å². The molecule has 1 saturated heterocycles. The Morgan fingerprint density at radius 2 is 2.09 bits per heavy atom. The molecule has 2 aromatic rings. The summed E-state index contributed by atoms with van der Waals surface area (Å²) in [5.74, 6) is 0.335. The van der Waals surface area contributed by atoms with Crippen LogP contribution in [-0.4, -0.2) is 24.5 Å². The average molecular weight is 296 g/mol. The lowest BCUT2D eigenvalue weighted by atomic mass is 9.98. The van der Waals surface area contributed by atoms with Crippen molar-refractivity contribution in [2.45, 2.75) is 25.3 Å². The van der Waals surface area contributed by atoms with Gasteiger partial charge in [0.05, 0.1) is 0 Å². The summed E-state index contributed by atoms with van der Waals surface area (Å²) in [5, 5.41) is 3.52. The fourth-order valence-corrected chi connectivity index (χ4v) is 3.79. The Kier molecular flexibility index (Phi) is 3.59. The minimum atomic E-state index is -0.124. The van der Waals surface area contributed by atoms with Crippen molar-refractivity contribution in [2.75, 3.05) is 25.0 Å². The van der Waals surface area contributed by atoms with Crippen molar-refractivity contribution in [3.05, 3.63) is 65.0 Å². The van der Waals surface area contributed by atoms with E-state index in [0.29, 0.717) is 5.92 Å². The lowest BCUT2D eigenvalue weighted by Crippen LogP contribution is -2.20. The highest BCUT2D eigenvalue weighted by Gasteiger charge is 2.25. The van der Waals surface area contributed by atoms with Crippen LogP contribution >= 0.6 is 0 Å². The smallest absolute Gasteiger partial charge is 0.123 e. The Labute approximate surface area is 131 Å². The van der Waals surface area contributed by atoms with Crippen LogP contribution < -0.4 is 5.32 Å². The molecule has 0 aliphatic carbocycles. The van der Waals surface area contributed by atoms with Gasteiger partial charge in [0, 0.05) is 25.3 Å². The van der Waals surface area contributed by atoms with Crippen molar-refractivity contribution in [2.24, 2.45) is 0 Å². The summed E-state index contributed by atoms with van der Waals surface area (Å²) in [6.45, 7) is 4.15. The second-order valence-electron chi connectivity index (χ2n) is 6.40. The zero-order valence-electron chi connectivity index (χ0n) is 12.7. The molecule has 1 atom stereocenters. The molecule has 4 rings (SSSR count). The first-order chi connectivity index (χ1) is 10.8. The predicted octanol–water partition coefficient (Wildman–Crippen LogP) is 3.78. The first-order valence-corrected chi connectivity index (χ1v) is 8.12. The number of hydrogen-bond donors (Lipinski definition) is 1. The van der Waals surface area contributed by atoms with Crippen LogP contribution in [0, 0.1) is 5.82 Å². The first-order valence-electron chi connectivity index (χ1n) is 8.12. The molecular formula is C19H21FN2. The van der Waals surface area contributed by atoms with Crippen LogP contribution in [0.4, 0.5) is 10.1 Å². The second-order valence-corrected chi connectivity index (χ2v) is 6.40. The minimum absolute atomic E-state index is 0.124. The van der Waals surface area contributed by atoms with E-state index in [4.69, 9.17) is 0 Å². The third kappa shape index (κ3) is 2.61. The zero-order valence-corrected chi connectivity index (χ0v) is 12.7. The van der Waals surface area contributed by atoms with Crippen molar-refractivity contribution < 1.29 is 4.39 Å². The van der Waals surface area contributed by atoms with Crippen molar-refractivity contribution in [3.63, 3.8) is 0 Å². The second kappa shape index (κ2) is 5.73. The van der Waals surface area contributed by atoms with Crippen molar-refractivity contribution >= 4 is 5.69 Å². The number of benzene rings is 2. The molecule has 1 N–H and O–H groups in total. The van der Waals surface area contributed by atoms with Crippen LogP contribution in [0.5, 0.6) is 0 Å². The van der Waals surface area contributed by atoms with E-state index in [1.165, 1.54) is 22.9 Å². The van der Waals surface area contributed by atoms with Gasteiger partial charge in [-0.05, 0) is 54.1 Å². The predicted molar refractivity (Wildman–Crippen MR) is 87.7 cm³/mol. The van der Waals surface area contributed by atoms with E-state index >= 15 is 0 Å². The molecule has 0 spiro atoms. The van der Waals surface area contributed by atoms with E-state index in [1.807, 2.05) is 6.07 Å². The average Bonchev–Trinajstić information content (AvgIpc) is 3.16. The van der Waals surface area contributed by atoms with Crippen LogP contribution in [0.3, 0.4) is 0 Å². The zero-order chi connectivity index (χ0) is 14.9. The number of likely N-dealkylation sites (tertiary alicyclic amines) is 1. The highest BCUT2D eigenvalue weighted by Crippen LogP contribution is 2.32. The Balaban J connectivity index is 1.47. The number of nitrogens with one attached hydrogen (secondary N) is 1. The van der Waals surface area contributed by atoms with Gasteiger partial charge in [-0.15, -0.1) is 0 Å². The topological polar surface area (TPSA) is 15.3 Å². The van der Waals surface area contributed by atoms with E-state index in [2.05, 4.69) is 34.5 Å². The van der Waals surface area contributed by atoms with Gasteiger partial charge >= 0.3 is 0 Å². The number of para-hydroxylation sites is 1. The van der Waals surface area contributed by atoms with Crippen LogP contribution in [0.2, 0.25) is 0 Å². The molecule has 2 heterocycles. The maximum Gasteiger partial charge on any atom is 0.123 e. The molecule has 114 valence electrons. The van der Waals surface area contributed by atoms with Gasteiger partial charge < -0.3 is 5.32 Å². The lowest BCUT2D eigenvalue weighted by Gasteiger charge is -2.18. The Morgan fingerprint density at radius 3 is 3.00 bits per heavy atom. The summed E-state index contributed by atoms with van der Waals surface area (Å²) in [7, 11) is 0. The van der Waals surface area contributed by atoms with E-state index in [1.54, 1.807) is 6.07 Å². The monoisotopic (exact) mass is 296 g/mol. The molecule has 22 heavy (non-hydrogen) atoms. The van der Waals surface area contributed by atoms with Gasteiger partial charge in [0.25, 0.3) is 0 Å². The van der Waals surface area contributed by atoms with Gasteiger partial charge in [-0.2, -0.15) is 0 Å². The molecule has 3 heteroatoms. The molecule has 0 bridgehead atoms. The number of halogens is 1. The summed E-state index contributed by atoms with van der Waals surface area (Å²) in [4.78, 5) is 2.49. The number of nitrogens with zero attached hydrogens (tertiary/aromatic N) is 1. The van der Waals surface area contributed by atoms with Gasteiger partial charge in [0.15, 0.2) is 0 Å². The minimum Gasteiger partial charge on any atom is -0.384 e. The van der Waals surface area contributed by atoms with Gasteiger partial charge in [-0.1, -0.05) is 30.3 Å². The fourth-order valence-electron chi connectivity index (χ4n) is 3.79. The van der Waals surface area contributed by atoms with Crippen LogP contribution in [-0.2, 0) is 13.0 Å². The Hall–Kier alpha value is -1.87. The molecule has 0 saturated carbocycles. The van der Waals surface area contributed by atoms with E-state index in [-0.39, 0.29) is 5.82 Å². The first kappa shape index (κ1) is 13.8. The van der Waals surface area contributed by atoms with Gasteiger partial charge in [-0.25, -0.2) is 4.39 Å². The quantitative estimate of drug-likeness (QED) is 0.927. The van der Waals surface area contributed by atoms with Gasteiger partial charge in [-0.3, -0.25) is 4.90 Å². The molecule has 1 fully saturated rings. The molecule has 0 aromatic heterocycles. The Bertz CT molecular complexity index is 683. The molecule has 2 aliphatic heterocycles. The van der Waals surface area contributed by atoms with E-state index in [0.717, 1.165) is 44.6 Å². The lowest BCUT2D eigenvalue weighted by molar-refractivity contribution is 0.327. The fraction of sp³-hybridized carbons (Fsp3) is 0.368. The molecule has 1 unspecified atom stereocenters. The van der Waals surface area contributed by atoms with Crippen molar-refractivity contribution in [1.29, 1.82) is 0 Å². The maximum atomic E-state index is 13.4. The maximum absolute atomic E-state index is 13.4. The van der Waals surface area contributed by atoms with Crippen LogP contribution in [0.15, 0.2) is 42.5 Å². The summed E-state index contributed by atoms with van der Waals surface area (Å²) >= 11 is 0. The third-order valence-corrected chi connectivity index (χ3v) is 4.92. The third-order valence-electron chi connectivity index (χ3n) is 4.92. The molecule has 0 radical (unpaired) electrons. The molecule has 2 aliphatic rings. The molecule has 2 nitrogen and oxygen atoms in total. The van der Waals surface area contributed by atoms with Gasteiger partial charge in [0.2, 0.25) is 0 Å².